The van der Waals surface area contributed by atoms with Crippen molar-refractivity contribution < 1.29 is 9.59 Å². The van der Waals surface area contributed by atoms with Crippen LogP contribution in [0.2, 0.25) is 5.02 Å². The molecule has 0 saturated heterocycles. The van der Waals surface area contributed by atoms with Gasteiger partial charge in [-0.15, -0.1) is 0 Å². The van der Waals surface area contributed by atoms with Crippen molar-refractivity contribution in [2.45, 2.75) is 84.8 Å². The van der Waals surface area contributed by atoms with Gasteiger partial charge in [0, 0.05) is 23.5 Å². The monoisotopic (exact) mass is 456 g/mol. The van der Waals surface area contributed by atoms with Crippen LogP contribution in [0, 0.1) is 0 Å². The van der Waals surface area contributed by atoms with Crippen LogP contribution in [0.25, 0.3) is 0 Å². The summed E-state index contributed by atoms with van der Waals surface area (Å²) in [4.78, 5) is 27.7. The third kappa shape index (κ3) is 7.98. The number of nitrogens with zero attached hydrogens (tertiary/aromatic N) is 1. The molecule has 0 bridgehead atoms. The first-order valence-corrected chi connectivity index (χ1v) is 11.6. The van der Waals surface area contributed by atoms with E-state index in [1.165, 1.54) is 5.56 Å². The number of carbonyl (C=O) groups is 2. The Bertz CT molecular complexity index is 924. The summed E-state index contributed by atoms with van der Waals surface area (Å²) in [5.74, 6) is -0.219. The summed E-state index contributed by atoms with van der Waals surface area (Å²) in [6.45, 7) is 14.5. The van der Waals surface area contributed by atoms with Crippen LogP contribution in [-0.4, -0.2) is 28.3 Å². The van der Waals surface area contributed by atoms with E-state index in [2.05, 4.69) is 50.4 Å². The molecule has 0 saturated carbocycles. The molecule has 0 heterocycles. The second kappa shape index (κ2) is 10.5. The lowest BCUT2D eigenvalue weighted by atomic mass is 9.86. The maximum Gasteiger partial charge on any atom is 0.242 e. The largest absolute Gasteiger partial charge is 0.350 e. The van der Waals surface area contributed by atoms with Crippen LogP contribution in [0.5, 0.6) is 0 Å². The fourth-order valence-corrected chi connectivity index (χ4v) is 3.67. The van der Waals surface area contributed by atoms with Crippen molar-refractivity contribution in [2.75, 3.05) is 0 Å². The molecular formula is C27H37ClN2O2. The minimum Gasteiger partial charge on any atom is -0.350 e. The quantitative estimate of drug-likeness (QED) is 0.563. The van der Waals surface area contributed by atoms with Crippen molar-refractivity contribution in [1.29, 1.82) is 0 Å². The third-order valence-corrected chi connectivity index (χ3v) is 5.59. The zero-order valence-corrected chi connectivity index (χ0v) is 21.2. The first-order valence-electron chi connectivity index (χ1n) is 11.2. The number of rotatable bonds is 7. The van der Waals surface area contributed by atoms with Gasteiger partial charge in [-0.2, -0.15) is 0 Å². The molecule has 0 spiro atoms. The molecule has 32 heavy (non-hydrogen) atoms. The normalized spacial score (nSPS) is 12.9. The highest BCUT2D eigenvalue weighted by Gasteiger charge is 2.28. The van der Waals surface area contributed by atoms with E-state index in [4.69, 9.17) is 11.6 Å². The highest BCUT2D eigenvalue weighted by molar-refractivity contribution is 6.30. The first kappa shape index (κ1) is 25.9. The Balaban J connectivity index is 2.16. The van der Waals surface area contributed by atoms with Crippen LogP contribution in [0.15, 0.2) is 48.5 Å². The molecule has 2 aromatic rings. The van der Waals surface area contributed by atoms with Crippen molar-refractivity contribution in [1.82, 2.24) is 10.2 Å². The molecule has 0 aromatic heterocycles. The Morgan fingerprint density at radius 1 is 0.969 bits per heavy atom. The van der Waals surface area contributed by atoms with Gasteiger partial charge in [-0.25, -0.2) is 0 Å². The van der Waals surface area contributed by atoms with Crippen molar-refractivity contribution in [3.05, 3.63) is 70.2 Å². The van der Waals surface area contributed by atoms with Gasteiger partial charge >= 0.3 is 0 Å². The number of hydrogen-bond donors (Lipinski definition) is 1. The minimum atomic E-state index is -0.594. The highest BCUT2D eigenvalue weighted by Crippen LogP contribution is 2.23. The fourth-order valence-electron chi connectivity index (χ4n) is 3.45. The Hall–Kier alpha value is -2.33. The smallest absolute Gasteiger partial charge is 0.242 e. The second-order valence-corrected chi connectivity index (χ2v) is 11.0. The molecule has 2 aromatic carbocycles. The van der Waals surface area contributed by atoms with E-state index in [9.17, 15) is 9.59 Å². The molecule has 1 N–H and O–H groups in total. The number of benzene rings is 2. The first-order chi connectivity index (χ1) is 14.8. The lowest BCUT2D eigenvalue weighted by Gasteiger charge is -2.31. The average molecular weight is 457 g/mol. The standard InChI is InChI=1S/C27H37ClN2O2/c1-19(25(32)29-27(5,6)7)30(18-21-9-8-10-23(28)17-21)24(31)16-13-20-11-14-22(15-12-20)26(2,3)4/h8-12,14-15,17,19H,13,16,18H2,1-7H3,(H,29,32)/t19-/m0/s1. The van der Waals surface area contributed by atoms with Gasteiger partial charge in [-0.1, -0.05) is 68.8 Å². The predicted molar refractivity (Wildman–Crippen MR) is 133 cm³/mol. The Morgan fingerprint density at radius 2 is 1.59 bits per heavy atom. The number of halogens is 1. The van der Waals surface area contributed by atoms with E-state index in [1.54, 1.807) is 17.9 Å². The summed E-state index contributed by atoms with van der Waals surface area (Å²) in [6, 6.07) is 15.3. The van der Waals surface area contributed by atoms with E-state index in [0.717, 1.165) is 11.1 Å². The minimum absolute atomic E-state index is 0.0542. The summed E-state index contributed by atoms with van der Waals surface area (Å²) in [5.41, 5.74) is 3.00. The molecule has 174 valence electrons. The van der Waals surface area contributed by atoms with Crippen LogP contribution < -0.4 is 5.32 Å². The highest BCUT2D eigenvalue weighted by atomic mass is 35.5. The molecule has 1 atom stereocenters. The average Bonchev–Trinajstić information content (AvgIpc) is 2.68. The van der Waals surface area contributed by atoms with E-state index in [-0.39, 0.29) is 22.8 Å². The molecule has 2 amide bonds. The van der Waals surface area contributed by atoms with Gasteiger partial charge in [0.15, 0.2) is 0 Å². The summed E-state index contributed by atoms with van der Waals surface area (Å²) in [5, 5.41) is 3.60. The number of amides is 2. The summed E-state index contributed by atoms with van der Waals surface area (Å²) in [7, 11) is 0. The SMILES string of the molecule is C[C@@H](C(=O)NC(C)(C)C)N(Cc1cccc(Cl)c1)C(=O)CCc1ccc(C(C)(C)C)cc1. The van der Waals surface area contributed by atoms with Gasteiger partial charge in [0.05, 0.1) is 0 Å². The van der Waals surface area contributed by atoms with Gasteiger partial charge < -0.3 is 10.2 Å². The topological polar surface area (TPSA) is 49.4 Å². The maximum atomic E-state index is 13.3. The molecule has 0 aliphatic carbocycles. The summed E-state index contributed by atoms with van der Waals surface area (Å²) in [6.07, 6.45) is 0.964. The number of aryl methyl sites for hydroxylation is 1. The molecule has 0 radical (unpaired) electrons. The fraction of sp³-hybridized carbons (Fsp3) is 0.481. The van der Waals surface area contributed by atoms with Crippen molar-refractivity contribution >= 4 is 23.4 Å². The molecule has 4 nitrogen and oxygen atoms in total. The van der Waals surface area contributed by atoms with Gasteiger partial charge in [0.1, 0.15) is 6.04 Å². The molecule has 5 heteroatoms. The van der Waals surface area contributed by atoms with E-state index in [1.807, 2.05) is 39.0 Å². The molecule has 0 aliphatic rings. The van der Waals surface area contributed by atoms with Crippen LogP contribution >= 0.6 is 11.6 Å². The van der Waals surface area contributed by atoms with Crippen molar-refractivity contribution in [3.63, 3.8) is 0 Å². The zero-order chi connectivity index (χ0) is 24.1. The van der Waals surface area contributed by atoms with E-state index in [0.29, 0.717) is 24.4 Å². The van der Waals surface area contributed by atoms with Crippen LogP contribution in [0.1, 0.15) is 71.6 Å². The van der Waals surface area contributed by atoms with Crippen LogP contribution in [-0.2, 0) is 28.0 Å². The molecular weight excluding hydrogens is 420 g/mol. The lowest BCUT2D eigenvalue weighted by molar-refractivity contribution is -0.141. The maximum absolute atomic E-state index is 13.3. The number of nitrogens with one attached hydrogen (secondary N) is 1. The Morgan fingerprint density at radius 3 is 2.12 bits per heavy atom. The van der Waals surface area contributed by atoms with Gasteiger partial charge in [0.25, 0.3) is 0 Å². The van der Waals surface area contributed by atoms with Crippen molar-refractivity contribution in [2.24, 2.45) is 0 Å². The van der Waals surface area contributed by atoms with Gasteiger partial charge in [0.2, 0.25) is 11.8 Å². The Kier molecular flexibility index (Phi) is 8.53. The molecule has 2 rings (SSSR count). The van der Waals surface area contributed by atoms with Crippen molar-refractivity contribution in [3.8, 4) is 0 Å². The number of carbonyl (C=O) groups excluding carboxylic acids is 2. The second-order valence-electron chi connectivity index (χ2n) is 10.5. The van der Waals surface area contributed by atoms with Crippen LogP contribution in [0.3, 0.4) is 0 Å². The molecule has 0 aliphatic heterocycles. The summed E-state index contributed by atoms with van der Waals surface area (Å²) < 4.78 is 0. The van der Waals surface area contributed by atoms with E-state index < -0.39 is 6.04 Å². The lowest BCUT2D eigenvalue weighted by Crippen LogP contribution is -2.52. The van der Waals surface area contributed by atoms with Gasteiger partial charge in [-0.3, -0.25) is 9.59 Å². The zero-order valence-electron chi connectivity index (χ0n) is 20.5. The Labute approximate surface area is 198 Å². The third-order valence-electron chi connectivity index (χ3n) is 5.35. The number of hydrogen-bond acceptors (Lipinski definition) is 2. The predicted octanol–water partition coefficient (Wildman–Crippen LogP) is 5.90. The molecule has 0 unspecified atom stereocenters. The summed E-state index contributed by atoms with van der Waals surface area (Å²) >= 11 is 6.14. The van der Waals surface area contributed by atoms with Crippen LogP contribution in [0.4, 0.5) is 0 Å². The van der Waals surface area contributed by atoms with E-state index >= 15 is 0 Å². The van der Waals surface area contributed by atoms with Gasteiger partial charge in [-0.05, 0) is 68.4 Å². The molecule has 0 fully saturated rings.